The molecule has 9 nitrogen and oxygen atoms in total. The normalized spacial score (nSPS) is 24.3. The fourth-order valence-electron chi connectivity index (χ4n) is 3.47. The molecule has 1 aromatic rings. The summed E-state index contributed by atoms with van der Waals surface area (Å²) in [4.78, 5) is 14.6. The van der Waals surface area contributed by atoms with Gasteiger partial charge in [0.2, 0.25) is 11.1 Å². The van der Waals surface area contributed by atoms with Gasteiger partial charge in [-0.05, 0) is 36.1 Å². The van der Waals surface area contributed by atoms with Gasteiger partial charge in [-0.25, -0.2) is 13.1 Å². The lowest BCUT2D eigenvalue weighted by molar-refractivity contribution is -0.130. The number of unbranched alkanes of at least 4 members (excludes halogenated alkanes) is 1. The molecule has 0 N–H and O–H groups in total. The SMILES string of the molecule is CCCCN(C(=O)CSc1nnnn1CC1CCCO1)C1CCS(=O)(=O)C1. The Bertz CT molecular complexity index is 733. The number of amides is 1. The van der Waals surface area contributed by atoms with Crippen LogP contribution in [0.4, 0.5) is 0 Å². The lowest BCUT2D eigenvalue weighted by Crippen LogP contribution is -2.42. The van der Waals surface area contributed by atoms with E-state index >= 15 is 0 Å². The average molecular weight is 418 g/mol. The summed E-state index contributed by atoms with van der Waals surface area (Å²) in [6, 6.07) is -0.211. The molecule has 2 aliphatic heterocycles. The van der Waals surface area contributed by atoms with Crippen molar-refractivity contribution in [2.75, 3.05) is 30.4 Å². The van der Waals surface area contributed by atoms with Crippen molar-refractivity contribution < 1.29 is 17.9 Å². The molecule has 1 aromatic heterocycles. The van der Waals surface area contributed by atoms with Crippen molar-refractivity contribution in [1.82, 2.24) is 25.1 Å². The van der Waals surface area contributed by atoms with Crippen LogP contribution in [0.15, 0.2) is 5.16 Å². The lowest BCUT2D eigenvalue weighted by Gasteiger charge is -2.28. The summed E-state index contributed by atoms with van der Waals surface area (Å²) >= 11 is 1.30. The predicted octanol–water partition coefficient (Wildman–Crippen LogP) is 0.760. The van der Waals surface area contributed by atoms with E-state index in [1.807, 2.05) is 0 Å². The molecule has 2 saturated heterocycles. The van der Waals surface area contributed by atoms with Gasteiger partial charge < -0.3 is 9.64 Å². The third-order valence-corrected chi connectivity index (χ3v) is 7.64. The highest BCUT2D eigenvalue weighted by molar-refractivity contribution is 7.99. The molecule has 27 heavy (non-hydrogen) atoms. The Morgan fingerprint density at radius 3 is 2.93 bits per heavy atom. The predicted molar refractivity (Wildman–Crippen MR) is 101 cm³/mol. The van der Waals surface area contributed by atoms with E-state index in [0.717, 1.165) is 32.3 Å². The summed E-state index contributed by atoms with van der Waals surface area (Å²) in [6.07, 6.45) is 4.50. The summed E-state index contributed by atoms with van der Waals surface area (Å²) in [7, 11) is -3.03. The number of rotatable bonds is 9. The molecule has 0 aliphatic carbocycles. The topological polar surface area (TPSA) is 107 Å². The Kier molecular flexibility index (Phi) is 7.10. The lowest BCUT2D eigenvalue weighted by atomic mass is 10.2. The van der Waals surface area contributed by atoms with Crippen molar-refractivity contribution in [3.63, 3.8) is 0 Å². The molecule has 2 atom stereocenters. The number of tetrazole rings is 1. The van der Waals surface area contributed by atoms with E-state index in [4.69, 9.17) is 4.74 Å². The zero-order valence-corrected chi connectivity index (χ0v) is 17.3. The van der Waals surface area contributed by atoms with Gasteiger partial charge in [-0.3, -0.25) is 4.79 Å². The Morgan fingerprint density at radius 1 is 1.41 bits per heavy atom. The highest BCUT2D eigenvalue weighted by Crippen LogP contribution is 2.22. The van der Waals surface area contributed by atoms with E-state index in [0.29, 0.717) is 24.7 Å². The molecule has 2 fully saturated rings. The number of sulfone groups is 1. The van der Waals surface area contributed by atoms with E-state index < -0.39 is 9.84 Å². The quantitative estimate of drug-likeness (QED) is 0.542. The summed E-state index contributed by atoms with van der Waals surface area (Å²) in [5, 5.41) is 12.3. The van der Waals surface area contributed by atoms with Crippen LogP contribution >= 0.6 is 11.8 Å². The molecule has 0 radical (unpaired) electrons. The second-order valence-electron chi connectivity index (χ2n) is 7.06. The summed E-state index contributed by atoms with van der Waals surface area (Å²) in [6.45, 7) is 4.01. The number of ether oxygens (including phenoxy) is 1. The Morgan fingerprint density at radius 2 is 2.26 bits per heavy atom. The van der Waals surface area contributed by atoms with Crippen molar-refractivity contribution in [2.24, 2.45) is 0 Å². The Labute approximate surface area is 164 Å². The van der Waals surface area contributed by atoms with Crippen LogP contribution < -0.4 is 0 Å². The summed E-state index contributed by atoms with van der Waals surface area (Å²) in [5.41, 5.74) is 0. The van der Waals surface area contributed by atoms with Gasteiger partial charge in [0.25, 0.3) is 0 Å². The fourth-order valence-corrected chi connectivity index (χ4v) is 5.97. The van der Waals surface area contributed by atoms with E-state index in [1.54, 1.807) is 9.58 Å². The second kappa shape index (κ2) is 9.33. The molecule has 3 heterocycles. The maximum Gasteiger partial charge on any atom is 0.233 e. The van der Waals surface area contributed by atoms with Crippen molar-refractivity contribution in [3.05, 3.63) is 0 Å². The van der Waals surface area contributed by atoms with E-state index in [9.17, 15) is 13.2 Å². The van der Waals surface area contributed by atoms with Gasteiger partial charge in [-0.15, -0.1) is 5.10 Å². The standard InChI is InChI=1S/C16H27N5O4S2/c1-2-3-7-20(13-6-9-27(23,24)12-13)15(22)11-26-16-17-18-19-21(16)10-14-5-4-8-25-14/h13-14H,2-12H2,1H3. The van der Waals surface area contributed by atoms with Crippen LogP contribution in [0.1, 0.15) is 39.0 Å². The molecular weight excluding hydrogens is 390 g/mol. The molecule has 2 aliphatic rings. The number of carbonyl (C=O) groups is 1. The van der Waals surface area contributed by atoms with E-state index in [2.05, 4.69) is 22.4 Å². The van der Waals surface area contributed by atoms with Gasteiger partial charge in [0.05, 0.1) is 29.9 Å². The third kappa shape index (κ3) is 5.64. The summed E-state index contributed by atoms with van der Waals surface area (Å²) < 4.78 is 30.9. The van der Waals surface area contributed by atoms with Crippen LogP contribution in [-0.4, -0.2) is 82.0 Å². The first-order valence-corrected chi connectivity index (χ1v) is 12.3. The van der Waals surface area contributed by atoms with Gasteiger partial charge in [0.15, 0.2) is 9.84 Å². The number of hydrogen-bond acceptors (Lipinski definition) is 8. The Hall–Kier alpha value is -1.20. The van der Waals surface area contributed by atoms with Gasteiger partial charge >= 0.3 is 0 Å². The number of hydrogen-bond donors (Lipinski definition) is 0. The molecule has 1 amide bonds. The minimum Gasteiger partial charge on any atom is -0.376 e. The zero-order chi connectivity index (χ0) is 19.3. The molecule has 11 heteroatoms. The first-order valence-electron chi connectivity index (χ1n) is 9.49. The smallest absolute Gasteiger partial charge is 0.233 e. The number of thioether (sulfide) groups is 1. The molecule has 0 saturated carbocycles. The average Bonchev–Trinajstić information content (AvgIpc) is 3.36. The number of nitrogens with zero attached hydrogens (tertiary/aromatic N) is 5. The zero-order valence-electron chi connectivity index (χ0n) is 15.6. The van der Waals surface area contributed by atoms with Gasteiger partial charge in [-0.2, -0.15) is 0 Å². The Balaban J connectivity index is 1.58. The van der Waals surface area contributed by atoms with Crippen LogP contribution in [0.25, 0.3) is 0 Å². The van der Waals surface area contributed by atoms with Crippen LogP contribution in [0.3, 0.4) is 0 Å². The molecule has 0 bridgehead atoms. The molecule has 0 aromatic carbocycles. The third-order valence-electron chi connectivity index (χ3n) is 4.95. The van der Waals surface area contributed by atoms with Crippen molar-refractivity contribution in [1.29, 1.82) is 0 Å². The monoisotopic (exact) mass is 417 g/mol. The van der Waals surface area contributed by atoms with Crippen molar-refractivity contribution in [3.8, 4) is 0 Å². The van der Waals surface area contributed by atoms with Crippen LogP contribution in [0.2, 0.25) is 0 Å². The van der Waals surface area contributed by atoms with Gasteiger partial charge in [-0.1, -0.05) is 25.1 Å². The molecule has 3 rings (SSSR count). The highest BCUT2D eigenvalue weighted by Gasteiger charge is 2.34. The van der Waals surface area contributed by atoms with Gasteiger partial charge in [0, 0.05) is 19.2 Å². The maximum absolute atomic E-state index is 12.8. The fraction of sp³-hybridized carbons (Fsp3) is 0.875. The van der Waals surface area contributed by atoms with Crippen LogP contribution in [0.5, 0.6) is 0 Å². The summed E-state index contributed by atoms with van der Waals surface area (Å²) in [5.74, 6) is 0.387. The van der Waals surface area contributed by atoms with Gasteiger partial charge in [0.1, 0.15) is 0 Å². The number of carbonyl (C=O) groups excluding carboxylic acids is 1. The largest absolute Gasteiger partial charge is 0.376 e. The van der Waals surface area contributed by atoms with Crippen molar-refractivity contribution >= 4 is 27.5 Å². The molecule has 152 valence electrons. The molecular formula is C16H27N5O4S2. The maximum atomic E-state index is 12.8. The number of aromatic nitrogens is 4. The minimum atomic E-state index is -3.03. The minimum absolute atomic E-state index is 0.0535. The van der Waals surface area contributed by atoms with E-state index in [-0.39, 0.29) is 35.3 Å². The second-order valence-corrected chi connectivity index (χ2v) is 10.2. The first kappa shape index (κ1) is 20.5. The molecule has 2 unspecified atom stereocenters. The first-order chi connectivity index (χ1) is 13.0. The van der Waals surface area contributed by atoms with Crippen molar-refractivity contribution in [2.45, 2.75) is 62.9 Å². The van der Waals surface area contributed by atoms with E-state index in [1.165, 1.54) is 11.8 Å². The highest BCUT2D eigenvalue weighted by atomic mass is 32.2. The van der Waals surface area contributed by atoms with Crippen LogP contribution in [-0.2, 0) is 25.9 Å². The van der Waals surface area contributed by atoms with Crippen LogP contribution in [0, 0.1) is 0 Å². The molecule has 0 spiro atoms.